The number of rotatable bonds is 7. The van der Waals surface area contributed by atoms with Crippen LogP contribution in [0.2, 0.25) is 0 Å². The van der Waals surface area contributed by atoms with Crippen molar-refractivity contribution >= 4 is 24.0 Å². The minimum atomic E-state index is -0.465. The molecule has 1 unspecified atom stereocenters. The molecule has 0 aliphatic carbocycles. The van der Waals surface area contributed by atoms with Crippen LogP contribution in [0, 0.1) is 10.1 Å². The van der Waals surface area contributed by atoms with Crippen LogP contribution in [0.25, 0.3) is 0 Å². The van der Waals surface area contributed by atoms with Crippen molar-refractivity contribution in [2.45, 2.75) is 19.1 Å². The van der Waals surface area contributed by atoms with E-state index in [0.29, 0.717) is 6.54 Å². The minimum Gasteiger partial charge on any atom is -0.380 e. The second kappa shape index (κ2) is 9.24. The van der Waals surface area contributed by atoms with Crippen LogP contribution < -0.4 is 11.1 Å². The standard InChI is InChI=1S/C12H17N3O4.ClH/c1-19-11(7-13)6-12(16)14-8-9-2-4-10(5-3-9)15(17)18;/h2-5,11H,6-8,13H2,1H3,(H,14,16);1H. The number of hydrogen-bond donors (Lipinski definition) is 2. The van der Waals surface area contributed by atoms with Gasteiger partial charge < -0.3 is 15.8 Å². The van der Waals surface area contributed by atoms with Crippen LogP contribution >= 0.6 is 12.4 Å². The highest BCUT2D eigenvalue weighted by molar-refractivity contribution is 5.85. The van der Waals surface area contributed by atoms with Crippen molar-refractivity contribution in [1.82, 2.24) is 5.32 Å². The van der Waals surface area contributed by atoms with Gasteiger partial charge in [-0.2, -0.15) is 0 Å². The molecule has 0 aliphatic heterocycles. The van der Waals surface area contributed by atoms with Gasteiger partial charge in [0.05, 0.1) is 17.4 Å². The highest BCUT2D eigenvalue weighted by Crippen LogP contribution is 2.11. The summed E-state index contributed by atoms with van der Waals surface area (Å²) < 4.78 is 5.00. The smallest absolute Gasteiger partial charge is 0.269 e. The van der Waals surface area contributed by atoms with Crippen LogP contribution in [0.3, 0.4) is 0 Å². The topological polar surface area (TPSA) is 107 Å². The van der Waals surface area contributed by atoms with Crippen molar-refractivity contribution < 1.29 is 14.5 Å². The molecule has 8 heteroatoms. The molecule has 0 aromatic heterocycles. The van der Waals surface area contributed by atoms with Gasteiger partial charge in [0, 0.05) is 32.3 Å². The Morgan fingerprint density at radius 2 is 2.05 bits per heavy atom. The number of amides is 1. The summed E-state index contributed by atoms with van der Waals surface area (Å²) in [7, 11) is 1.50. The Bertz CT molecular complexity index is 435. The molecule has 1 amide bonds. The molecule has 7 nitrogen and oxygen atoms in total. The number of nitro benzene ring substituents is 1. The molecule has 0 bridgehead atoms. The molecular formula is C12H18ClN3O4. The fraction of sp³-hybridized carbons (Fsp3) is 0.417. The number of hydrogen-bond acceptors (Lipinski definition) is 5. The van der Waals surface area contributed by atoms with E-state index in [1.807, 2.05) is 0 Å². The van der Waals surface area contributed by atoms with Gasteiger partial charge in [-0.15, -0.1) is 12.4 Å². The molecule has 1 aromatic rings. The number of non-ortho nitro benzene ring substituents is 1. The van der Waals surface area contributed by atoms with Crippen molar-refractivity contribution in [1.29, 1.82) is 0 Å². The van der Waals surface area contributed by atoms with E-state index in [0.717, 1.165) is 5.56 Å². The quantitative estimate of drug-likeness (QED) is 0.577. The third-order valence-corrected chi connectivity index (χ3v) is 2.65. The number of ether oxygens (including phenoxy) is 1. The van der Waals surface area contributed by atoms with Gasteiger partial charge in [-0.3, -0.25) is 14.9 Å². The number of nitrogens with zero attached hydrogens (tertiary/aromatic N) is 1. The number of carbonyl (C=O) groups is 1. The molecule has 112 valence electrons. The van der Waals surface area contributed by atoms with E-state index in [-0.39, 0.29) is 43.1 Å². The molecule has 1 atom stereocenters. The highest BCUT2D eigenvalue weighted by atomic mass is 35.5. The normalized spacial score (nSPS) is 11.3. The Kier molecular flexibility index (Phi) is 8.46. The highest BCUT2D eigenvalue weighted by Gasteiger charge is 2.11. The largest absolute Gasteiger partial charge is 0.380 e. The van der Waals surface area contributed by atoms with Crippen molar-refractivity contribution in [3.8, 4) is 0 Å². The molecule has 0 saturated heterocycles. The molecule has 3 N–H and O–H groups in total. The predicted octanol–water partition coefficient (Wildman–Crippen LogP) is 0.997. The number of methoxy groups -OCH3 is 1. The Hall–Kier alpha value is -1.70. The van der Waals surface area contributed by atoms with Gasteiger partial charge in [0.25, 0.3) is 5.69 Å². The van der Waals surface area contributed by atoms with Crippen LogP contribution in [0.4, 0.5) is 5.69 Å². The number of nitrogens with one attached hydrogen (secondary N) is 1. The van der Waals surface area contributed by atoms with E-state index >= 15 is 0 Å². The second-order valence-corrected chi connectivity index (χ2v) is 4.00. The second-order valence-electron chi connectivity index (χ2n) is 4.00. The average molecular weight is 304 g/mol. The maximum Gasteiger partial charge on any atom is 0.269 e. The van der Waals surface area contributed by atoms with Crippen LogP contribution in [0.5, 0.6) is 0 Å². The van der Waals surface area contributed by atoms with Crippen molar-refractivity contribution in [2.24, 2.45) is 5.73 Å². The fourth-order valence-corrected chi connectivity index (χ4v) is 1.48. The zero-order valence-electron chi connectivity index (χ0n) is 11.1. The minimum absolute atomic E-state index is 0. The van der Waals surface area contributed by atoms with Gasteiger partial charge in [-0.1, -0.05) is 12.1 Å². The lowest BCUT2D eigenvalue weighted by atomic mass is 10.2. The van der Waals surface area contributed by atoms with Gasteiger partial charge in [-0.25, -0.2) is 0 Å². The number of nitro groups is 1. The molecule has 0 fully saturated rings. The molecule has 0 heterocycles. The van der Waals surface area contributed by atoms with Crippen molar-refractivity contribution in [3.05, 3.63) is 39.9 Å². The van der Waals surface area contributed by atoms with Crippen LogP contribution in [-0.2, 0) is 16.1 Å². The van der Waals surface area contributed by atoms with Crippen LogP contribution in [0.15, 0.2) is 24.3 Å². The summed E-state index contributed by atoms with van der Waals surface area (Å²) in [4.78, 5) is 21.6. The molecule has 20 heavy (non-hydrogen) atoms. The monoisotopic (exact) mass is 303 g/mol. The summed E-state index contributed by atoms with van der Waals surface area (Å²) >= 11 is 0. The van der Waals surface area contributed by atoms with E-state index in [9.17, 15) is 14.9 Å². The summed E-state index contributed by atoms with van der Waals surface area (Å²) in [6, 6.07) is 6.02. The first-order valence-electron chi connectivity index (χ1n) is 5.79. The fourth-order valence-electron chi connectivity index (χ4n) is 1.48. The molecule has 0 radical (unpaired) electrons. The third-order valence-electron chi connectivity index (χ3n) is 2.65. The summed E-state index contributed by atoms with van der Waals surface area (Å²) in [6.45, 7) is 0.597. The Labute approximate surface area is 123 Å². The van der Waals surface area contributed by atoms with E-state index in [4.69, 9.17) is 10.5 Å². The van der Waals surface area contributed by atoms with E-state index in [1.54, 1.807) is 12.1 Å². The molecule has 1 aromatic carbocycles. The first-order chi connectivity index (χ1) is 9.06. The summed E-state index contributed by atoms with van der Waals surface area (Å²) in [5, 5.41) is 13.2. The lowest BCUT2D eigenvalue weighted by molar-refractivity contribution is -0.384. The molecule has 1 rings (SSSR count). The van der Waals surface area contributed by atoms with Gasteiger partial charge in [0.2, 0.25) is 5.91 Å². The number of benzene rings is 1. The number of nitrogens with two attached hydrogens (primary N) is 1. The summed E-state index contributed by atoms with van der Waals surface area (Å²) in [5.74, 6) is -0.171. The average Bonchev–Trinajstić information content (AvgIpc) is 2.43. The van der Waals surface area contributed by atoms with Crippen molar-refractivity contribution in [3.63, 3.8) is 0 Å². The predicted molar refractivity (Wildman–Crippen MR) is 76.7 cm³/mol. The molecule has 0 saturated carbocycles. The lowest BCUT2D eigenvalue weighted by Gasteiger charge is -2.12. The Balaban J connectivity index is 0.00000361. The SMILES string of the molecule is COC(CN)CC(=O)NCc1ccc([N+](=O)[O-])cc1.Cl. The van der Waals surface area contributed by atoms with E-state index in [2.05, 4.69) is 5.32 Å². The van der Waals surface area contributed by atoms with E-state index in [1.165, 1.54) is 19.2 Å². The van der Waals surface area contributed by atoms with Crippen LogP contribution in [-0.4, -0.2) is 30.6 Å². The summed E-state index contributed by atoms with van der Waals surface area (Å²) in [6.07, 6.45) is -0.100. The van der Waals surface area contributed by atoms with E-state index < -0.39 is 4.92 Å². The maximum atomic E-state index is 11.6. The number of carbonyl (C=O) groups excluding carboxylic acids is 1. The maximum absolute atomic E-state index is 11.6. The molecular weight excluding hydrogens is 286 g/mol. The van der Waals surface area contributed by atoms with Crippen molar-refractivity contribution in [2.75, 3.05) is 13.7 Å². The van der Waals surface area contributed by atoms with Crippen LogP contribution in [0.1, 0.15) is 12.0 Å². The number of halogens is 1. The molecule has 0 spiro atoms. The zero-order chi connectivity index (χ0) is 14.3. The van der Waals surface area contributed by atoms with Gasteiger partial charge in [-0.05, 0) is 5.56 Å². The summed E-state index contributed by atoms with van der Waals surface area (Å²) in [5.41, 5.74) is 6.23. The van der Waals surface area contributed by atoms with Gasteiger partial charge >= 0.3 is 0 Å². The molecule has 0 aliphatic rings. The first-order valence-corrected chi connectivity index (χ1v) is 5.79. The Morgan fingerprint density at radius 3 is 2.50 bits per heavy atom. The van der Waals surface area contributed by atoms with Gasteiger partial charge in [0.15, 0.2) is 0 Å². The zero-order valence-corrected chi connectivity index (χ0v) is 11.9. The third kappa shape index (κ3) is 5.96. The lowest BCUT2D eigenvalue weighted by Crippen LogP contribution is -2.31. The Morgan fingerprint density at radius 1 is 1.45 bits per heavy atom. The van der Waals surface area contributed by atoms with Gasteiger partial charge in [0.1, 0.15) is 0 Å². The first kappa shape index (κ1) is 18.3.